The molecule has 46 heavy (non-hydrogen) atoms. The Kier molecular flexibility index (Phi) is 24.5. The average molecular weight is 650 g/mol. The van der Waals surface area contributed by atoms with Gasteiger partial charge in [-0.2, -0.15) is 0 Å². The molecule has 8 heteroatoms. The molecule has 0 aromatic heterocycles. The molecular weight excluding hydrogens is 578 g/mol. The summed E-state index contributed by atoms with van der Waals surface area (Å²) >= 11 is 0. The van der Waals surface area contributed by atoms with E-state index in [4.69, 9.17) is 9.47 Å². The SMILES string of the molecule is CCCCCCCCCCCCCCN(C/C=C\COC(=O)CCCCCCCC)CC(=O)N1CCN(C(=O)OC(C)(C)C)CC1. The molecule has 0 atom stereocenters. The second kappa shape index (κ2) is 26.9. The van der Waals surface area contributed by atoms with E-state index in [2.05, 4.69) is 18.7 Å². The highest BCUT2D eigenvalue weighted by Crippen LogP contribution is 2.14. The van der Waals surface area contributed by atoms with Gasteiger partial charge >= 0.3 is 12.1 Å². The van der Waals surface area contributed by atoms with Gasteiger partial charge in [-0.05, 0) is 46.2 Å². The van der Waals surface area contributed by atoms with Crippen LogP contribution in [-0.4, -0.2) is 90.7 Å². The van der Waals surface area contributed by atoms with Gasteiger partial charge < -0.3 is 19.3 Å². The van der Waals surface area contributed by atoms with Crippen molar-refractivity contribution < 1.29 is 23.9 Å². The predicted molar refractivity (Wildman–Crippen MR) is 190 cm³/mol. The van der Waals surface area contributed by atoms with Crippen LogP contribution >= 0.6 is 0 Å². The Morgan fingerprint density at radius 3 is 1.65 bits per heavy atom. The number of carbonyl (C=O) groups is 3. The molecule has 268 valence electrons. The van der Waals surface area contributed by atoms with Crippen LogP contribution in [0.25, 0.3) is 0 Å². The molecule has 0 aromatic rings. The molecule has 0 bridgehead atoms. The fourth-order valence-electron chi connectivity index (χ4n) is 5.72. The van der Waals surface area contributed by atoms with Crippen molar-refractivity contribution in [2.45, 2.75) is 162 Å². The van der Waals surface area contributed by atoms with Crippen LogP contribution in [0.5, 0.6) is 0 Å². The lowest BCUT2D eigenvalue weighted by Crippen LogP contribution is -2.53. The predicted octanol–water partition coefficient (Wildman–Crippen LogP) is 8.92. The highest BCUT2D eigenvalue weighted by atomic mass is 16.6. The summed E-state index contributed by atoms with van der Waals surface area (Å²) in [6, 6.07) is 0. The second-order valence-electron chi connectivity index (χ2n) is 14.1. The van der Waals surface area contributed by atoms with Gasteiger partial charge in [0.25, 0.3) is 0 Å². The van der Waals surface area contributed by atoms with Gasteiger partial charge in [0.15, 0.2) is 0 Å². The van der Waals surface area contributed by atoms with Gasteiger partial charge in [-0.3, -0.25) is 14.5 Å². The number of nitrogens with zero attached hydrogens (tertiary/aromatic N) is 3. The minimum Gasteiger partial charge on any atom is -0.461 e. The fraction of sp³-hybridized carbons (Fsp3) is 0.868. The lowest BCUT2D eigenvalue weighted by Gasteiger charge is -2.36. The van der Waals surface area contributed by atoms with Crippen molar-refractivity contribution in [1.29, 1.82) is 0 Å². The Bertz CT molecular complexity index is 818. The Hall–Kier alpha value is -2.09. The van der Waals surface area contributed by atoms with Gasteiger partial charge in [-0.15, -0.1) is 0 Å². The molecule has 0 spiro atoms. The third kappa shape index (κ3) is 23.3. The van der Waals surface area contributed by atoms with E-state index in [-0.39, 0.29) is 24.6 Å². The van der Waals surface area contributed by atoms with Gasteiger partial charge in [0, 0.05) is 39.1 Å². The van der Waals surface area contributed by atoms with Crippen molar-refractivity contribution in [3.8, 4) is 0 Å². The van der Waals surface area contributed by atoms with Crippen molar-refractivity contribution in [2.24, 2.45) is 0 Å². The maximum absolute atomic E-state index is 13.2. The molecule has 1 rings (SSSR count). The van der Waals surface area contributed by atoms with E-state index in [1.165, 1.54) is 96.3 Å². The first-order valence-corrected chi connectivity index (χ1v) is 18.9. The average Bonchev–Trinajstić information content (AvgIpc) is 3.02. The summed E-state index contributed by atoms with van der Waals surface area (Å²) in [6.45, 7) is 14.2. The van der Waals surface area contributed by atoms with Crippen LogP contribution in [0, 0.1) is 0 Å². The number of unbranched alkanes of at least 4 members (excludes halogenated alkanes) is 16. The summed E-state index contributed by atoms with van der Waals surface area (Å²) in [6.07, 6.45) is 26.7. The Morgan fingerprint density at radius 2 is 1.13 bits per heavy atom. The van der Waals surface area contributed by atoms with Crippen LogP contribution in [0.4, 0.5) is 4.79 Å². The zero-order valence-corrected chi connectivity index (χ0v) is 30.6. The molecule has 1 fully saturated rings. The molecule has 0 saturated carbocycles. The number of piperazine rings is 1. The van der Waals surface area contributed by atoms with Crippen LogP contribution in [0.1, 0.15) is 157 Å². The number of hydrogen-bond acceptors (Lipinski definition) is 6. The smallest absolute Gasteiger partial charge is 0.410 e. The standard InChI is InChI=1S/C38H71N3O5/c1-6-8-10-12-14-15-16-17-18-19-21-23-27-39(28-24-25-33-45-36(43)26-22-20-13-11-9-7-2)34-35(42)40-29-31-41(32-30-40)37(44)46-38(3,4)5/h24-25H,6-23,26-34H2,1-5H3/b25-24-. The summed E-state index contributed by atoms with van der Waals surface area (Å²) in [4.78, 5) is 43.5. The number of esters is 1. The van der Waals surface area contributed by atoms with Crippen molar-refractivity contribution in [3.63, 3.8) is 0 Å². The zero-order valence-electron chi connectivity index (χ0n) is 30.6. The van der Waals surface area contributed by atoms with Crippen LogP contribution in [0.15, 0.2) is 12.2 Å². The largest absolute Gasteiger partial charge is 0.461 e. The lowest BCUT2D eigenvalue weighted by atomic mass is 10.1. The van der Waals surface area contributed by atoms with Crippen molar-refractivity contribution in [2.75, 3.05) is 52.4 Å². The Labute approximate surface area is 283 Å². The van der Waals surface area contributed by atoms with E-state index < -0.39 is 5.60 Å². The lowest BCUT2D eigenvalue weighted by molar-refractivity contribution is -0.142. The molecule has 1 aliphatic rings. The van der Waals surface area contributed by atoms with Crippen LogP contribution < -0.4 is 0 Å². The maximum atomic E-state index is 13.2. The van der Waals surface area contributed by atoms with E-state index >= 15 is 0 Å². The maximum Gasteiger partial charge on any atom is 0.410 e. The topological polar surface area (TPSA) is 79.4 Å². The number of rotatable bonds is 26. The Balaban J connectivity index is 2.43. The molecule has 2 amide bonds. The van der Waals surface area contributed by atoms with E-state index in [1.807, 2.05) is 37.8 Å². The third-order valence-corrected chi connectivity index (χ3v) is 8.58. The molecule has 1 saturated heterocycles. The highest BCUT2D eigenvalue weighted by Gasteiger charge is 2.28. The van der Waals surface area contributed by atoms with E-state index in [0.29, 0.717) is 45.7 Å². The van der Waals surface area contributed by atoms with Gasteiger partial charge in [-0.1, -0.05) is 123 Å². The van der Waals surface area contributed by atoms with Gasteiger partial charge in [0.2, 0.25) is 5.91 Å². The monoisotopic (exact) mass is 650 g/mol. The first-order valence-electron chi connectivity index (χ1n) is 18.9. The first kappa shape index (κ1) is 41.9. The van der Waals surface area contributed by atoms with Crippen molar-refractivity contribution in [1.82, 2.24) is 14.7 Å². The van der Waals surface area contributed by atoms with Crippen LogP contribution in [0.3, 0.4) is 0 Å². The number of ether oxygens (including phenoxy) is 2. The van der Waals surface area contributed by atoms with E-state index in [1.54, 1.807) is 4.90 Å². The van der Waals surface area contributed by atoms with Crippen LogP contribution in [-0.2, 0) is 19.1 Å². The molecule has 1 heterocycles. The van der Waals surface area contributed by atoms with Gasteiger partial charge in [0.05, 0.1) is 6.54 Å². The van der Waals surface area contributed by atoms with Gasteiger partial charge in [-0.25, -0.2) is 4.79 Å². The molecule has 0 radical (unpaired) electrons. The van der Waals surface area contributed by atoms with Crippen LogP contribution in [0.2, 0.25) is 0 Å². The second-order valence-corrected chi connectivity index (χ2v) is 14.1. The van der Waals surface area contributed by atoms with Crippen molar-refractivity contribution >= 4 is 18.0 Å². The third-order valence-electron chi connectivity index (χ3n) is 8.58. The Morgan fingerprint density at radius 1 is 0.652 bits per heavy atom. The summed E-state index contributed by atoms with van der Waals surface area (Å²) in [5, 5.41) is 0. The highest BCUT2D eigenvalue weighted by molar-refractivity contribution is 5.78. The zero-order chi connectivity index (χ0) is 33.9. The molecule has 0 unspecified atom stereocenters. The van der Waals surface area contributed by atoms with E-state index in [9.17, 15) is 14.4 Å². The van der Waals surface area contributed by atoms with E-state index in [0.717, 1.165) is 25.8 Å². The molecule has 1 aliphatic heterocycles. The molecule has 8 nitrogen and oxygen atoms in total. The van der Waals surface area contributed by atoms with Gasteiger partial charge in [0.1, 0.15) is 12.2 Å². The van der Waals surface area contributed by atoms with Crippen molar-refractivity contribution in [3.05, 3.63) is 12.2 Å². The summed E-state index contributed by atoms with van der Waals surface area (Å²) in [7, 11) is 0. The quantitative estimate of drug-likeness (QED) is 0.0529. The number of amides is 2. The molecule has 0 N–H and O–H groups in total. The molecule has 0 aliphatic carbocycles. The normalized spacial score (nSPS) is 14.0. The summed E-state index contributed by atoms with van der Waals surface area (Å²) < 4.78 is 10.9. The number of carbonyl (C=O) groups excluding carboxylic acids is 3. The minimum absolute atomic E-state index is 0.0986. The summed E-state index contributed by atoms with van der Waals surface area (Å²) in [5.41, 5.74) is -0.530. The number of hydrogen-bond donors (Lipinski definition) is 0. The fourth-order valence-corrected chi connectivity index (χ4v) is 5.72. The molecular formula is C38H71N3O5. The summed E-state index contributed by atoms with van der Waals surface area (Å²) in [5.74, 6) is -0.0317. The minimum atomic E-state index is -0.530. The first-order chi connectivity index (χ1) is 22.2. The molecule has 0 aromatic carbocycles.